The zero-order valence-electron chi connectivity index (χ0n) is 21.6. The Kier molecular flexibility index (Phi) is 6.94. The summed E-state index contributed by atoms with van der Waals surface area (Å²) in [5.41, 5.74) is 1.86. The van der Waals surface area contributed by atoms with Gasteiger partial charge in [0.05, 0.1) is 29.4 Å². The van der Waals surface area contributed by atoms with E-state index in [9.17, 15) is 14.0 Å². The average molecular weight is 521 g/mol. The van der Waals surface area contributed by atoms with Gasteiger partial charge in [-0.2, -0.15) is 0 Å². The SMILES string of the molecule is Cc1nc(C)c(C(=O)Nc2ccc(F)c(-c3cn4cc(NC(=O)C5CCOC(C(C)C)C5)cnc4n3)c2)o1. The topological polar surface area (TPSA) is 124 Å². The highest BCUT2D eigenvalue weighted by atomic mass is 19.1. The van der Waals surface area contributed by atoms with Crippen LogP contribution in [0.3, 0.4) is 0 Å². The third-order valence-electron chi connectivity index (χ3n) is 6.62. The predicted molar refractivity (Wildman–Crippen MR) is 138 cm³/mol. The molecule has 3 aromatic heterocycles. The van der Waals surface area contributed by atoms with E-state index in [1.165, 1.54) is 24.4 Å². The molecular formula is C27H29FN6O4. The molecule has 1 saturated heterocycles. The Morgan fingerprint density at radius 3 is 2.68 bits per heavy atom. The first kappa shape index (κ1) is 25.5. The molecule has 0 radical (unpaired) electrons. The molecule has 1 aliphatic heterocycles. The lowest BCUT2D eigenvalue weighted by atomic mass is 9.89. The number of ether oxygens (including phenoxy) is 1. The third kappa shape index (κ3) is 5.28. The summed E-state index contributed by atoms with van der Waals surface area (Å²) < 4.78 is 27.5. The third-order valence-corrected chi connectivity index (χ3v) is 6.62. The van der Waals surface area contributed by atoms with Gasteiger partial charge in [0.15, 0.2) is 5.89 Å². The molecule has 4 heterocycles. The first-order chi connectivity index (χ1) is 18.2. The van der Waals surface area contributed by atoms with Crippen LogP contribution in [0.5, 0.6) is 0 Å². The van der Waals surface area contributed by atoms with Crippen LogP contribution in [0.4, 0.5) is 15.8 Å². The van der Waals surface area contributed by atoms with E-state index in [1.54, 1.807) is 30.6 Å². The minimum atomic E-state index is -0.508. The van der Waals surface area contributed by atoms with Crippen LogP contribution in [-0.4, -0.2) is 43.9 Å². The van der Waals surface area contributed by atoms with Crippen molar-refractivity contribution in [1.29, 1.82) is 0 Å². The molecule has 0 spiro atoms. The summed E-state index contributed by atoms with van der Waals surface area (Å²) in [4.78, 5) is 38.3. The number of benzene rings is 1. The standard InChI is InChI=1S/C27H29FN6O4/c1-14(2)23-9-17(7-8-37-23)25(35)32-19-11-29-27-33-22(13-34(27)12-19)20-10-18(5-6-21(20)28)31-26(36)24-15(3)30-16(4)38-24/h5-6,10-14,17,23H,7-9H2,1-4H3,(H,31,36)(H,32,35). The second-order valence-corrected chi connectivity index (χ2v) is 9.84. The van der Waals surface area contributed by atoms with Gasteiger partial charge in [0, 0.05) is 43.1 Å². The van der Waals surface area contributed by atoms with Crippen LogP contribution in [0.1, 0.15) is 48.8 Å². The maximum atomic E-state index is 14.8. The van der Waals surface area contributed by atoms with Gasteiger partial charge >= 0.3 is 0 Å². The number of aryl methyl sites for hydroxylation is 2. The van der Waals surface area contributed by atoms with Crippen molar-refractivity contribution in [1.82, 2.24) is 19.4 Å². The van der Waals surface area contributed by atoms with Crippen molar-refractivity contribution < 1.29 is 23.1 Å². The summed E-state index contributed by atoms with van der Waals surface area (Å²) >= 11 is 0. The van der Waals surface area contributed by atoms with Crippen LogP contribution in [0.2, 0.25) is 0 Å². The summed E-state index contributed by atoms with van der Waals surface area (Å²) in [6, 6.07) is 4.20. The van der Waals surface area contributed by atoms with E-state index in [0.717, 1.165) is 0 Å². The Bertz CT molecular complexity index is 1510. The number of carbonyl (C=O) groups excluding carboxylic acids is 2. The molecule has 0 aliphatic carbocycles. The fourth-order valence-corrected chi connectivity index (χ4v) is 4.58. The number of hydrogen-bond donors (Lipinski definition) is 2. The van der Waals surface area contributed by atoms with Crippen molar-refractivity contribution in [3.05, 3.63) is 60.0 Å². The van der Waals surface area contributed by atoms with Crippen LogP contribution >= 0.6 is 0 Å². The molecule has 5 rings (SSSR count). The van der Waals surface area contributed by atoms with Gasteiger partial charge in [0.2, 0.25) is 17.4 Å². The van der Waals surface area contributed by atoms with Crippen molar-refractivity contribution in [2.45, 2.75) is 46.6 Å². The van der Waals surface area contributed by atoms with E-state index in [4.69, 9.17) is 9.15 Å². The lowest BCUT2D eigenvalue weighted by Crippen LogP contribution is -2.35. The number of amides is 2. The first-order valence-electron chi connectivity index (χ1n) is 12.5. The molecular weight excluding hydrogens is 491 g/mol. The van der Waals surface area contributed by atoms with Crippen LogP contribution < -0.4 is 10.6 Å². The number of hydrogen-bond acceptors (Lipinski definition) is 7. The van der Waals surface area contributed by atoms with E-state index in [1.807, 2.05) is 0 Å². The summed E-state index contributed by atoms with van der Waals surface area (Å²) in [6.45, 7) is 8.06. The van der Waals surface area contributed by atoms with E-state index in [2.05, 4.69) is 39.4 Å². The van der Waals surface area contributed by atoms with Gasteiger partial charge in [-0.1, -0.05) is 13.8 Å². The number of aromatic nitrogens is 4. The van der Waals surface area contributed by atoms with Crippen molar-refractivity contribution >= 4 is 29.0 Å². The second-order valence-electron chi connectivity index (χ2n) is 9.84. The maximum Gasteiger partial charge on any atom is 0.293 e. The van der Waals surface area contributed by atoms with Gasteiger partial charge in [0.1, 0.15) is 5.82 Å². The number of rotatable bonds is 6. The molecule has 2 N–H and O–H groups in total. The zero-order chi connectivity index (χ0) is 27.0. The van der Waals surface area contributed by atoms with E-state index >= 15 is 0 Å². The lowest BCUT2D eigenvalue weighted by Gasteiger charge is -2.31. The Morgan fingerprint density at radius 2 is 1.95 bits per heavy atom. The highest BCUT2D eigenvalue weighted by molar-refractivity contribution is 6.03. The maximum absolute atomic E-state index is 14.8. The Morgan fingerprint density at radius 1 is 1.13 bits per heavy atom. The number of carbonyl (C=O) groups is 2. The number of anilines is 2. The molecule has 2 atom stereocenters. The van der Waals surface area contributed by atoms with E-state index in [-0.39, 0.29) is 29.3 Å². The molecule has 1 aliphatic rings. The van der Waals surface area contributed by atoms with Crippen LogP contribution in [0.25, 0.3) is 17.0 Å². The number of fused-ring (bicyclic) bond motifs is 1. The number of oxazole rings is 1. The van der Waals surface area contributed by atoms with Crippen molar-refractivity contribution in [3.63, 3.8) is 0 Å². The predicted octanol–water partition coefficient (Wildman–Crippen LogP) is 4.78. The van der Waals surface area contributed by atoms with E-state index in [0.29, 0.717) is 59.8 Å². The highest BCUT2D eigenvalue weighted by Gasteiger charge is 2.29. The minimum Gasteiger partial charge on any atom is -0.436 e. The summed E-state index contributed by atoms with van der Waals surface area (Å²) in [5.74, 6) is -0.0453. The molecule has 38 heavy (non-hydrogen) atoms. The van der Waals surface area contributed by atoms with Crippen LogP contribution in [0.15, 0.2) is 41.2 Å². The average Bonchev–Trinajstić information content (AvgIpc) is 3.46. The van der Waals surface area contributed by atoms with Crippen LogP contribution in [-0.2, 0) is 9.53 Å². The molecule has 0 saturated carbocycles. The van der Waals surface area contributed by atoms with Crippen LogP contribution in [0, 0.1) is 31.5 Å². The van der Waals surface area contributed by atoms with Crippen molar-refractivity contribution in [2.24, 2.45) is 11.8 Å². The number of imidazole rings is 1. The first-order valence-corrected chi connectivity index (χ1v) is 12.5. The molecule has 2 amide bonds. The fraction of sp³-hybridized carbons (Fsp3) is 0.370. The summed E-state index contributed by atoms with van der Waals surface area (Å²) in [5, 5.41) is 5.64. The number of nitrogens with zero attached hydrogens (tertiary/aromatic N) is 4. The second kappa shape index (κ2) is 10.3. The molecule has 1 aromatic carbocycles. The Labute approximate surface area is 218 Å². The van der Waals surface area contributed by atoms with E-state index < -0.39 is 11.7 Å². The van der Waals surface area contributed by atoms with Crippen molar-refractivity contribution in [2.75, 3.05) is 17.2 Å². The summed E-state index contributed by atoms with van der Waals surface area (Å²) in [6.07, 6.45) is 6.25. The van der Waals surface area contributed by atoms with Gasteiger partial charge in [-0.3, -0.25) is 14.0 Å². The van der Waals surface area contributed by atoms with Gasteiger partial charge in [-0.15, -0.1) is 0 Å². The molecule has 198 valence electrons. The molecule has 1 fully saturated rings. The minimum absolute atomic E-state index is 0.0654. The smallest absolute Gasteiger partial charge is 0.293 e. The molecule has 11 heteroatoms. The molecule has 10 nitrogen and oxygen atoms in total. The van der Waals surface area contributed by atoms with Gasteiger partial charge in [-0.25, -0.2) is 19.3 Å². The van der Waals surface area contributed by atoms with Gasteiger partial charge < -0.3 is 19.8 Å². The summed E-state index contributed by atoms with van der Waals surface area (Å²) in [7, 11) is 0. The van der Waals surface area contributed by atoms with Gasteiger partial charge in [-0.05, 0) is 43.9 Å². The Balaban J connectivity index is 1.34. The molecule has 0 bridgehead atoms. The monoisotopic (exact) mass is 520 g/mol. The Hall–Kier alpha value is -4.12. The largest absolute Gasteiger partial charge is 0.436 e. The fourth-order valence-electron chi connectivity index (χ4n) is 4.58. The van der Waals surface area contributed by atoms with Crippen molar-refractivity contribution in [3.8, 4) is 11.3 Å². The molecule has 4 aromatic rings. The normalized spacial score (nSPS) is 17.6. The highest BCUT2D eigenvalue weighted by Crippen LogP contribution is 2.28. The molecule has 2 unspecified atom stereocenters. The van der Waals surface area contributed by atoms with Gasteiger partial charge in [0.25, 0.3) is 5.91 Å². The number of nitrogens with one attached hydrogen (secondary N) is 2. The lowest BCUT2D eigenvalue weighted by molar-refractivity contribution is -0.126. The number of halogens is 1. The zero-order valence-corrected chi connectivity index (χ0v) is 21.6. The quantitative estimate of drug-likeness (QED) is 0.375.